The van der Waals surface area contributed by atoms with Gasteiger partial charge in [0.2, 0.25) is 3.79 Å². The summed E-state index contributed by atoms with van der Waals surface area (Å²) in [5.74, 6) is -0.119. The lowest BCUT2D eigenvalue weighted by atomic mass is 10.2. The number of hydrogen-bond acceptors (Lipinski definition) is 3. The van der Waals surface area contributed by atoms with Crippen LogP contribution in [-0.4, -0.2) is 28.1 Å². The van der Waals surface area contributed by atoms with Crippen LogP contribution in [0.15, 0.2) is 48.5 Å². The van der Waals surface area contributed by atoms with Gasteiger partial charge in [-0.3, -0.25) is 4.79 Å². The fourth-order valence-electron chi connectivity index (χ4n) is 2.09. The lowest BCUT2D eigenvalue weighted by molar-refractivity contribution is 0.0931. The Morgan fingerprint density at radius 2 is 1.70 bits per heavy atom. The smallest absolute Gasteiger partial charge is 0.256 e. The fourth-order valence-corrected chi connectivity index (χ4v) is 2.83. The topological polar surface area (TPSA) is 62.4 Å². The van der Waals surface area contributed by atoms with Crippen molar-refractivity contribution in [1.82, 2.24) is 10.6 Å². The lowest BCUT2D eigenvalue weighted by Crippen LogP contribution is -2.56. The van der Waals surface area contributed by atoms with Gasteiger partial charge in [-0.1, -0.05) is 70.7 Å². The summed E-state index contributed by atoms with van der Waals surface area (Å²) in [6.07, 6.45) is -1.12. The summed E-state index contributed by atoms with van der Waals surface area (Å²) in [7, 11) is 1.46. The van der Waals surface area contributed by atoms with E-state index in [0.717, 1.165) is 0 Å². The van der Waals surface area contributed by atoms with Crippen LogP contribution >= 0.6 is 58.6 Å². The van der Waals surface area contributed by atoms with E-state index in [1.165, 1.54) is 7.11 Å². The van der Waals surface area contributed by atoms with Gasteiger partial charge in [-0.15, -0.1) is 0 Å². The lowest BCUT2D eigenvalue weighted by Gasteiger charge is -2.28. The number of methoxy groups -OCH3 is 1. The van der Waals surface area contributed by atoms with Crippen molar-refractivity contribution in [2.75, 3.05) is 12.4 Å². The summed E-state index contributed by atoms with van der Waals surface area (Å²) in [5.41, 5.74) is 0.849. The zero-order chi connectivity index (χ0) is 20.0. The number of carbonyl (C=O) groups is 1. The van der Waals surface area contributed by atoms with E-state index in [-0.39, 0.29) is 10.7 Å². The average molecular weight is 467 g/mol. The quantitative estimate of drug-likeness (QED) is 0.337. The van der Waals surface area contributed by atoms with Crippen molar-refractivity contribution in [3.8, 4) is 5.75 Å². The molecule has 1 amide bonds. The van der Waals surface area contributed by atoms with E-state index in [1.807, 2.05) is 0 Å². The highest BCUT2D eigenvalue weighted by molar-refractivity contribution is 7.80. The second-order valence-corrected chi connectivity index (χ2v) is 8.41. The first-order valence-electron chi connectivity index (χ1n) is 7.55. The molecule has 2 rings (SSSR count). The van der Waals surface area contributed by atoms with Crippen molar-refractivity contribution in [3.05, 3.63) is 59.1 Å². The maximum atomic E-state index is 12.6. The van der Waals surface area contributed by atoms with Crippen LogP contribution in [0, 0.1) is 0 Å². The van der Waals surface area contributed by atoms with Crippen molar-refractivity contribution in [2.24, 2.45) is 0 Å². The molecule has 0 aromatic heterocycles. The summed E-state index contributed by atoms with van der Waals surface area (Å²) in [5, 5.41) is 8.82. The number of anilines is 1. The van der Waals surface area contributed by atoms with E-state index in [9.17, 15) is 4.79 Å². The Morgan fingerprint density at radius 3 is 2.33 bits per heavy atom. The molecule has 5 nitrogen and oxygen atoms in total. The molecule has 0 unspecified atom stereocenters. The zero-order valence-electron chi connectivity index (χ0n) is 13.9. The van der Waals surface area contributed by atoms with Gasteiger partial charge >= 0.3 is 0 Å². The number of benzene rings is 2. The molecule has 144 valence electrons. The standard InChI is InChI=1S/C17H15Cl4N3O2S/c1-26-13-9-5-2-6-10(13)14(25)23-15(17(19,20)21)24-16(27)22-12-8-4-3-7-11(12)18/h2-9,15H,1H3,(H,23,25)(H2,22,24,27)/t15-/m0/s1. The normalized spacial score (nSPS) is 12.0. The molecule has 0 heterocycles. The molecule has 0 aliphatic carbocycles. The number of rotatable bonds is 5. The molecule has 3 N–H and O–H groups in total. The van der Waals surface area contributed by atoms with E-state index >= 15 is 0 Å². The molecule has 0 saturated carbocycles. The summed E-state index contributed by atoms with van der Waals surface area (Å²) >= 11 is 29.3. The first-order chi connectivity index (χ1) is 12.7. The Balaban J connectivity index is 2.12. The van der Waals surface area contributed by atoms with Crippen molar-refractivity contribution >= 4 is 75.3 Å². The fraction of sp³-hybridized carbons (Fsp3) is 0.176. The Kier molecular flexibility index (Phi) is 7.82. The summed E-state index contributed by atoms with van der Waals surface area (Å²) in [6, 6.07) is 13.7. The van der Waals surface area contributed by atoms with Gasteiger partial charge in [0.05, 0.1) is 23.4 Å². The van der Waals surface area contributed by atoms with Gasteiger partial charge in [-0.05, 0) is 36.5 Å². The van der Waals surface area contributed by atoms with Crippen LogP contribution in [0.1, 0.15) is 10.4 Å². The maximum absolute atomic E-state index is 12.6. The molecule has 1 atom stereocenters. The zero-order valence-corrected chi connectivity index (χ0v) is 17.8. The first kappa shape index (κ1) is 21.9. The summed E-state index contributed by atoms with van der Waals surface area (Å²) < 4.78 is 3.29. The highest BCUT2D eigenvalue weighted by Gasteiger charge is 2.35. The Hall–Kier alpha value is -1.44. The Morgan fingerprint density at radius 1 is 1.07 bits per heavy atom. The molecule has 10 heteroatoms. The molecule has 2 aromatic carbocycles. The van der Waals surface area contributed by atoms with Gasteiger partial charge in [0.25, 0.3) is 5.91 Å². The monoisotopic (exact) mass is 465 g/mol. The second-order valence-electron chi connectivity index (χ2n) is 5.23. The molecule has 0 aliphatic heterocycles. The van der Waals surface area contributed by atoms with E-state index in [2.05, 4.69) is 16.0 Å². The number of halogens is 4. The Bertz CT molecular complexity index is 830. The molecular formula is C17H15Cl4N3O2S. The SMILES string of the molecule is COc1ccccc1C(=O)N[C@@H](NC(=S)Nc1ccccc1Cl)C(Cl)(Cl)Cl. The van der Waals surface area contributed by atoms with Crippen LogP contribution in [0.4, 0.5) is 5.69 Å². The number of para-hydroxylation sites is 2. The minimum atomic E-state index is -1.89. The van der Waals surface area contributed by atoms with Crippen LogP contribution in [0.3, 0.4) is 0 Å². The van der Waals surface area contributed by atoms with Crippen LogP contribution < -0.4 is 20.7 Å². The predicted molar refractivity (Wildman–Crippen MR) is 115 cm³/mol. The third kappa shape index (κ3) is 6.30. The van der Waals surface area contributed by atoms with Gasteiger partial charge in [-0.25, -0.2) is 0 Å². The largest absolute Gasteiger partial charge is 0.496 e. The van der Waals surface area contributed by atoms with Gasteiger partial charge in [0.15, 0.2) is 5.11 Å². The van der Waals surface area contributed by atoms with Gasteiger partial charge in [-0.2, -0.15) is 0 Å². The summed E-state index contributed by atoms with van der Waals surface area (Å²) in [6.45, 7) is 0. The van der Waals surface area contributed by atoms with Crippen molar-refractivity contribution in [1.29, 1.82) is 0 Å². The van der Waals surface area contributed by atoms with Gasteiger partial charge in [0, 0.05) is 0 Å². The van der Waals surface area contributed by atoms with E-state index in [4.69, 9.17) is 63.4 Å². The number of thiocarbonyl (C=S) groups is 1. The van der Waals surface area contributed by atoms with Crippen LogP contribution in [0.5, 0.6) is 5.75 Å². The Labute approximate surface area is 182 Å². The maximum Gasteiger partial charge on any atom is 0.256 e. The van der Waals surface area contributed by atoms with Crippen LogP contribution in [-0.2, 0) is 0 Å². The molecule has 27 heavy (non-hydrogen) atoms. The number of hydrogen-bond donors (Lipinski definition) is 3. The number of alkyl halides is 3. The van der Waals surface area contributed by atoms with Crippen LogP contribution in [0.2, 0.25) is 5.02 Å². The van der Waals surface area contributed by atoms with E-state index in [0.29, 0.717) is 16.5 Å². The molecule has 0 radical (unpaired) electrons. The molecule has 0 aliphatic rings. The predicted octanol–water partition coefficient (Wildman–Crippen LogP) is 4.76. The average Bonchev–Trinajstić information content (AvgIpc) is 2.62. The molecule has 0 spiro atoms. The van der Waals surface area contributed by atoms with Crippen molar-refractivity contribution in [2.45, 2.75) is 9.96 Å². The number of ether oxygens (including phenoxy) is 1. The van der Waals surface area contributed by atoms with Crippen molar-refractivity contribution < 1.29 is 9.53 Å². The highest BCUT2D eigenvalue weighted by Crippen LogP contribution is 2.30. The van der Waals surface area contributed by atoms with Crippen LogP contribution in [0.25, 0.3) is 0 Å². The third-order valence-electron chi connectivity index (χ3n) is 3.35. The summed E-state index contributed by atoms with van der Waals surface area (Å²) in [4.78, 5) is 12.6. The molecule has 2 aromatic rings. The molecular weight excluding hydrogens is 452 g/mol. The molecule has 0 bridgehead atoms. The highest BCUT2D eigenvalue weighted by atomic mass is 35.6. The van der Waals surface area contributed by atoms with Gasteiger partial charge in [0.1, 0.15) is 11.9 Å². The first-order valence-corrected chi connectivity index (χ1v) is 9.47. The third-order valence-corrected chi connectivity index (χ3v) is 4.56. The van der Waals surface area contributed by atoms with E-state index < -0.39 is 15.9 Å². The minimum absolute atomic E-state index is 0.111. The molecule has 0 fully saturated rings. The number of nitrogens with one attached hydrogen (secondary N) is 3. The number of carbonyl (C=O) groups excluding carboxylic acids is 1. The van der Waals surface area contributed by atoms with Crippen molar-refractivity contribution in [3.63, 3.8) is 0 Å². The minimum Gasteiger partial charge on any atom is -0.496 e. The number of amides is 1. The second kappa shape index (κ2) is 9.66. The van der Waals surface area contributed by atoms with E-state index in [1.54, 1.807) is 48.5 Å². The van der Waals surface area contributed by atoms with Gasteiger partial charge < -0.3 is 20.7 Å². The molecule has 0 saturated heterocycles.